The summed E-state index contributed by atoms with van der Waals surface area (Å²) in [6.07, 6.45) is 2.59. The first-order chi connectivity index (χ1) is 10.1. The summed E-state index contributed by atoms with van der Waals surface area (Å²) in [4.78, 5) is 27.5. The van der Waals surface area contributed by atoms with Gasteiger partial charge in [-0.15, -0.1) is 0 Å². The molecular formula is C17H24N2O2. The zero-order chi connectivity index (χ0) is 15.2. The molecule has 4 nitrogen and oxygen atoms in total. The van der Waals surface area contributed by atoms with Crippen molar-refractivity contribution in [3.05, 3.63) is 30.3 Å². The van der Waals surface area contributed by atoms with Crippen LogP contribution in [0.3, 0.4) is 0 Å². The number of hydrogen-bond donors (Lipinski definition) is 0. The third kappa shape index (κ3) is 4.06. The van der Waals surface area contributed by atoms with Gasteiger partial charge in [0, 0.05) is 38.7 Å². The summed E-state index contributed by atoms with van der Waals surface area (Å²) >= 11 is 0. The number of benzene rings is 1. The van der Waals surface area contributed by atoms with Crippen LogP contribution in [-0.2, 0) is 9.59 Å². The number of rotatable bonds is 4. The van der Waals surface area contributed by atoms with Crippen molar-refractivity contribution >= 4 is 17.5 Å². The smallest absolute Gasteiger partial charge is 0.226 e. The van der Waals surface area contributed by atoms with Crippen molar-refractivity contribution in [1.82, 2.24) is 4.90 Å². The van der Waals surface area contributed by atoms with Gasteiger partial charge < -0.3 is 9.80 Å². The molecule has 1 aromatic rings. The topological polar surface area (TPSA) is 40.6 Å². The van der Waals surface area contributed by atoms with Crippen molar-refractivity contribution in [3.63, 3.8) is 0 Å². The highest BCUT2D eigenvalue weighted by Gasteiger charge is 2.25. The Hall–Kier alpha value is -1.84. The van der Waals surface area contributed by atoms with Gasteiger partial charge in [0.15, 0.2) is 0 Å². The van der Waals surface area contributed by atoms with Crippen LogP contribution in [0.2, 0.25) is 0 Å². The minimum Gasteiger partial charge on any atom is -0.343 e. The minimum atomic E-state index is 0.132. The van der Waals surface area contributed by atoms with Crippen LogP contribution in [0.5, 0.6) is 0 Å². The van der Waals surface area contributed by atoms with E-state index < -0.39 is 0 Å². The lowest BCUT2D eigenvalue weighted by atomic mass is 9.97. The van der Waals surface area contributed by atoms with Crippen LogP contribution >= 0.6 is 0 Å². The molecule has 0 N–H and O–H groups in total. The quantitative estimate of drug-likeness (QED) is 0.854. The Balaban J connectivity index is 2.08. The van der Waals surface area contributed by atoms with Crippen molar-refractivity contribution in [2.75, 3.05) is 24.5 Å². The van der Waals surface area contributed by atoms with Crippen molar-refractivity contribution in [3.8, 4) is 0 Å². The monoisotopic (exact) mass is 288 g/mol. The van der Waals surface area contributed by atoms with Gasteiger partial charge in [-0.1, -0.05) is 25.1 Å². The summed E-state index contributed by atoms with van der Waals surface area (Å²) in [6.45, 7) is 5.81. The molecule has 0 spiro atoms. The molecule has 1 aliphatic rings. The first kappa shape index (κ1) is 15.5. The van der Waals surface area contributed by atoms with Crippen LogP contribution in [-0.4, -0.2) is 36.3 Å². The molecule has 1 saturated heterocycles. The molecule has 0 saturated carbocycles. The van der Waals surface area contributed by atoms with E-state index in [4.69, 9.17) is 0 Å². The zero-order valence-corrected chi connectivity index (χ0v) is 12.9. The van der Waals surface area contributed by atoms with Gasteiger partial charge in [-0.25, -0.2) is 0 Å². The Morgan fingerprint density at radius 2 is 2.00 bits per heavy atom. The number of carbonyl (C=O) groups excluding carboxylic acids is 2. The lowest BCUT2D eigenvalue weighted by Crippen LogP contribution is -2.44. The fourth-order valence-corrected chi connectivity index (χ4v) is 2.91. The third-order valence-electron chi connectivity index (χ3n) is 4.08. The van der Waals surface area contributed by atoms with E-state index >= 15 is 0 Å². The second-order valence-electron chi connectivity index (χ2n) is 5.67. The maximum absolute atomic E-state index is 12.2. The van der Waals surface area contributed by atoms with Gasteiger partial charge in [0.2, 0.25) is 11.8 Å². The number of likely N-dealkylation sites (tertiary alicyclic amines) is 1. The summed E-state index contributed by atoms with van der Waals surface area (Å²) in [7, 11) is 0. The van der Waals surface area contributed by atoms with Crippen LogP contribution in [0.1, 0.15) is 33.1 Å². The Morgan fingerprint density at radius 3 is 2.62 bits per heavy atom. The molecule has 2 amide bonds. The average Bonchev–Trinajstić information content (AvgIpc) is 2.53. The summed E-state index contributed by atoms with van der Waals surface area (Å²) in [6, 6.07) is 9.80. The molecule has 1 aliphatic heterocycles. The van der Waals surface area contributed by atoms with Gasteiger partial charge >= 0.3 is 0 Å². The SMILES string of the molecule is CCC(=O)N(CC1CCCN(C(C)=O)C1)c1ccccc1. The van der Waals surface area contributed by atoms with E-state index in [-0.39, 0.29) is 11.8 Å². The summed E-state index contributed by atoms with van der Waals surface area (Å²) in [5.41, 5.74) is 0.948. The highest BCUT2D eigenvalue weighted by atomic mass is 16.2. The van der Waals surface area contributed by atoms with E-state index in [1.165, 1.54) is 0 Å². The van der Waals surface area contributed by atoms with Gasteiger partial charge in [0.25, 0.3) is 0 Å². The number of hydrogen-bond acceptors (Lipinski definition) is 2. The van der Waals surface area contributed by atoms with Gasteiger partial charge in [0.05, 0.1) is 0 Å². The molecule has 1 aromatic carbocycles. The minimum absolute atomic E-state index is 0.132. The van der Waals surface area contributed by atoms with Gasteiger partial charge in [-0.3, -0.25) is 9.59 Å². The number of amides is 2. The van der Waals surface area contributed by atoms with Crippen molar-refractivity contribution in [2.24, 2.45) is 5.92 Å². The molecule has 21 heavy (non-hydrogen) atoms. The molecule has 0 bridgehead atoms. The van der Waals surface area contributed by atoms with E-state index in [1.807, 2.05) is 47.1 Å². The lowest BCUT2D eigenvalue weighted by molar-refractivity contribution is -0.130. The molecule has 4 heteroatoms. The number of carbonyl (C=O) groups is 2. The Morgan fingerprint density at radius 1 is 1.29 bits per heavy atom. The van der Waals surface area contributed by atoms with Crippen LogP contribution in [0.25, 0.3) is 0 Å². The molecule has 2 rings (SSSR count). The Bertz CT molecular complexity index is 487. The largest absolute Gasteiger partial charge is 0.343 e. The van der Waals surface area contributed by atoms with Crippen LogP contribution in [0.15, 0.2) is 30.3 Å². The molecule has 0 aromatic heterocycles. The Labute approximate surface area is 126 Å². The van der Waals surface area contributed by atoms with Crippen LogP contribution in [0, 0.1) is 5.92 Å². The normalized spacial score (nSPS) is 18.4. The summed E-state index contributed by atoms with van der Waals surface area (Å²) < 4.78 is 0. The molecule has 114 valence electrons. The molecule has 0 aliphatic carbocycles. The van der Waals surface area contributed by atoms with Crippen molar-refractivity contribution in [2.45, 2.75) is 33.1 Å². The average molecular weight is 288 g/mol. The van der Waals surface area contributed by atoms with Crippen molar-refractivity contribution < 1.29 is 9.59 Å². The van der Waals surface area contributed by atoms with E-state index in [2.05, 4.69) is 0 Å². The number of piperidine rings is 1. The van der Waals surface area contributed by atoms with Gasteiger partial charge in [-0.2, -0.15) is 0 Å². The zero-order valence-electron chi connectivity index (χ0n) is 12.9. The second-order valence-corrected chi connectivity index (χ2v) is 5.67. The predicted molar refractivity (Wildman–Crippen MR) is 84.1 cm³/mol. The predicted octanol–water partition coefficient (Wildman–Crippen LogP) is 2.69. The fourth-order valence-electron chi connectivity index (χ4n) is 2.91. The van der Waals surface area contributed by atoms with E-state index in [0.29, 0.717) is 18.9 Å². The number of para-hydroxylation sites is 1. The lowest BCUT2D eigenvalue weighted by Gasteiger charge is -2.35. The highest BCUT2D eigenvalue weighted by Crippen LogP contribution is 2.22. The first-order valence-corrected chi connectivity index (χ1v) is 7.72. The van der Waals surface area contributed by atoms with Crippen LogP contribution in [0.4, 0.5) is 5.69 Å². The fraction of sp³-hybridized carbons (Fsp3) is 0.529. The third-order valence-corrected chi connectivity index (χ3v) is 4.08. The molecule has 0 radical (unpaired) electrons. The second kappa shape index (κ2) is 7.25. The Kier molecular flexibility index (Phi) is 5.37. The first-order valence-electron chi connectivity index (χ1n) is 7.72. The van der Waals surface area contributed by atoms with E-state index in [0.717, 1.165) is 31.6 Å². The maximum atomic E-state index is 12.2. The number of nitrogens with zero attached hydrogens (tertiary/aromatic N) is 2. The highest BCUT2D eigenvalue weighted by molar-refractivity contribution is 5.93. The van der Waals surface area contributed by atoms with Crippen LogP contribution < -0.4 is 4.90 Å². The molecule has 1 heterocycles. The maximum Gasteiger partial charge on any atom is 0.226 e. The molecule has 1 unspecified atom stereocenters. The molecule has 1 atom stereocenters. The van der Waals surface area contributed by atoms with E-state index in [1.54, 1.807) is 6.92 Å². The van der Waals surface area contributed by atoms with Crippen molar-refractivity contribution in [1.29, 1.82) is 0 Å². The van der Waals surface area contributed by atoms with Gasteiger partial charge in [-0.05, 0) is 30.9 Å². The molecular weight excluding hydrogens is 264 g/mol. The van der Waals surface area contributed by atoms with Gasteiger partial charge in [0.1, 0.15) is 0 Å². The standard InChI is InChI=1S/C17H24N2O2/c1-3-17(21)19(16-9-5-4-6-10-16)13-15-8-7-11-18(12-15)14(2)20/h4-6,9-10,15H,3,7-8,11-13H2,1-2H3. The summed E-state index contributed by atoms with van der Waals surface area (Å²) in [5, 5.41) is 0. The summed E-state index contributed by atoms with van der Waals surface area (Å²) in [5.74, 6) is 0.632. The van der Waals surface area contributed by atoms with E-state index in [9.17, 15) is 9.59 Å². The number of anilines is 1. The molecule has 1 fully saturated rings.